The van der Waals surface area contributed by atoms with Crippen molar-refractivity contribution in [3.05, 3.63) is 45.0 Å². The lowest BCUT2D eigenvalue weighted by molar-refractivity contribution is 0.627. The molecule has 0 bridgehead atoms. The van der Waals surface area contributed by atoms with Gasteiger partial charge < -0.3 is 11.1 Å². The van der Waals surface area contributed by atoms with Crippen molar-refractivity contribution >= 4 is 51.3 Å². The van der Waals surface area contributed by atoms with Gasteiger partial charge in [0.15, 0.2) is 0 Å². The minimum absolute atomic E-state index is 0.284. The summed E-state index contributed by atoms with van der Waals surface area (Å²) in [5.74, 6) is -0.284. The number of hydrogen-bond donors (Lipinski definition) is 2. The smallest absolute Gasteiger partial charge is 0.124 e. The van der Waals surface area contributed by atoms with Crippen molar-refractivity contribution in [2.24, 2.45) is 0 Å². The van der Waals surface area contributed by atoms with E-state index in [0.717, 1.165) is 9.26 Å². The number of nitrogen functional groups attached to an aromatic ring is 1. The predicted octanol–water partition coefficient (Wildman–Crippen LogP) is 3.80. The Morgan fingerprint density at radius 3 is 2.76 bits per heavy atom. The summed E-state index contributed by atoms with van der Waals surface area (Å²) >= 11 is 8.02. The summed E-state index contributed by atoms with van der Waals surface area (Å²) in [5.41, 5.74) is 7.52. The number of nitrogens with zero attached hydrogens (tertiary/aromatic N) is 1. The van der Waals surface area contributed by atoms with Crippen LogP contribution in [0.25, 0.3) is 0 Å². The van der Waals surface area contributed by atoms with E-state index in [1.165, 1.54) is 24.5 Å². The molecule has 3 nitrogen and oxygen atoms in total. The molecular formula is C11H8ClFIN3. The molecule has 17 heavy (non-hydrogen) atoms. The van der Waals surface area contributed by atoms with Crippen LogP contribution in [0.15, 0.2) is 30.6 Å². The average molecular weight is 364 g/mol. The molecule has 0 saturated heterocycles. The van der Waals surface area contributed by atoms with Gasteiger partial charge in [0.05, 0.1) is 28.3 Å². The molecule has 0 aliphatic heterocycles. The van der Waals surface area contributed by atoms with Gasteiger partial charge in [-0.3, -0.25) is 4.98 Å². The highest BCUT2D eigenvalue weighted by molar-refractivity contribution is 14.1. The molecule has 0 aliphatic carbocycles. The zero-order valence-corrected chi connectivity index (χ0v) is 11.5. The lowest BCUT2D eigenvalue weighted by Gasteiger charge is -2.12. The second kappa shape index (κ2) is 5.05. The lowest BCUT2D eigenvalue weighted by atomic mass is 10.3. The maximum Gasteiger partial charge on any atom is 0.124 e. The fourth-order valence-electron chi connectivity index (χ4n) is 1.31. The fraction of sp³-hybridized carbons (Fsp3) is 0. The molecule has 0 amide bonds. The fourth-order valence-corrected chi connectivity index (χ4v) is 2.13. The summed E-state index contributed by atoms with van der Waals surface area (Å²) in [6.45, 7) is 0. The summed E-state index contributed by atoms with van der Waals surface area (Å²) in [4.78, 5) is 3.86. The van der Waals surface area contributed by atoms with E-state index >= 15 is 0 Å². The van der Waals surface area contributed by atoms with Crippen LogP contribution in [0, 0.1) is 9.39 Å². The minimum atomic E-state index is -0.284. The van der Waals surface area contributed by atoms with Gasteiger partial charge in [-0.15, -0.1) is 0 Å². The number of aromatic nitrogens is 1. The highest BCUT2D eigenvalue weighted by Crippen LogP contribution is 2.31. The SMILES string of the molecule is Nc1cncc(Cl)c1Nc1ccc(F)cc1I. The van der Waals surface area contributed by atoms with Crippen LogP contribution in [0.1, 0.15) is 0 Å². The molecule has 0 saturated carbocycles. The third-order valence-corrected chi connectivity index (χ3v) is 3.30. The van der Waals surface area contributed by atoms with E-state index in [1.54, 1.807) is 6.07 Å². The quantitative estimate of drug-likeness (QED) is 0.798. The van der Waals surface area contributed by atoms with Gasteiger partial charge in [-0.25, -0.2) is 4.39 Å². The van der Waals surface area contributed by atoms with Crippen LogP contribution in [0.4, 0.5) is 21.5 Å². The van der Waals surface area contributed by atoms with Crippen molar-refractivity contribution in [3.8, 4) is 0 Å². The Bertz CT molecular complexity index is 542. The third-order valence-electron chi connectivity index (χ3n) is 2.12. The maximum absolute atomic E-state index is 13.0. The van der Waals surface area contributed by atoms with Crippen LogP contribution < -0.4 is 11.1 Å². The second-order valence-corrected chi connectivity index (χ2v) is 4.90. The van der Waals surface area contributed by atoms with E-state index in [9.17, 15) is 4.39 Å². The minimum Gasteiger partial charge on any atom is -0.396 e. The number of hydrogen-bond acceptors (Lipinski definition) is 3. The Labute approximate surface area is 116 Å². The molecule has 1 heterocycles. The van der Waals surface area contributed by atoms with Gasteiger partial charge in [0.25, 0.3) is 0 Å². The van der Waals surface area contributed by atoms with Crippen molar-refractivity contribution in [2.45, 2.75) is 0 Å². The van der Waals surface area contributed by atoms with Crippen LogP contribution in [-0.2, 0) is 0 Å². The molecule has 2 aromatic rings. The zero-order chi connectivity index (χ0) is 12.4. The van der Waals surface area contributed by atoms with Crippen LogP contribution in [-0.4, -0.2) is 4.98 Å². The first-order valence-electron chi connectivity index (χ1n) is 4.69. The topological polar surface area (TPSA) is 50.9 Å². The summed E-state index contributed by atoms with van der Waals surface area (Å²) in [7, 11) is 0. The number of benzene rings is 1. The van der Waals surface area contributed by atoms with E-state index in [1.807, 2.05) is 22.6 Å². The first-order valence-corrected chi connectivity index (χ1v) is 6.14. The number of anilines is 3. The molecule has 0 atom stereocenters. The van der Waals surface area contributed by atoms with Crippen molar-refractivity contribution in [2.75, 3.05) is 11.1 Å². The molecule has 0 fully saturated rings. The van der Waals surface area contributed by atoms with Crippen molar-refractivity contribution in [1.29, 1.82) is 0 Å². The number of rotatable bonds is 2. The lowest BCUT2D eigenvalue weighted by Crippen LogP contribution is -1.99. The Hall–Kier alpha value is -1.08. The Kier molecular flexibility index (Phi) is 3.68. The summed E-state index contributed by atoms with van der Waals surface area (Å²) in [6, 6.07) is 4.43. The summed E-state index contributed by atoms with van der Waals surface area (Å²) < 4.78 is 13.7. The van der Waals surface area contributed by atoms with Gasteiger partial charge in [-0.2, -0.15) is 0 Å². The molecule has 3 N–H and O–H groups in total. The molecular weight excluding hydrogens is 355 g/mol. The first-order chi connectivity index (χ1) is 8.08. The highest BCUT2D eigenvalue weighted by atomic mass is 127. The highest BCUT2D eigenvalue weighted by Gasteiger charge is 2.08. The molecule has 0 radical (unpaired) electrons. The van der Waals surface area contributed by atoms with Gasteiger partial charge in [0, 0.05) is 9.77 Å². The molecule has 0 spiro atoms. The predicted molar refractivity (Wildman–Crippen MR) is 76.1 cm³/mol. The summed E-state index contributed by atoms with van der Waals surface area (Å²) in [5, 5.41) is 3.49. The van der Waals surface area contributed by atoms with Crippen LogP contribution in [0.5, 0.6) is 0 Å². The average Bonchev–Trinajstić information content (AvgIpc) is 2.26. The molecule has 88 valence electrons. The number of halogens is 3. The Balaban J connectivity index is 2.38. The van der Waals surface area contributed by atoms with E-state index in [2.05, 4.69) is 10.3 Å². The van der Waals surface area contributed by atoms with Crippen LogP contribution in [0.3, 0.4) is 0 Å². The van der Waals surface area contributed by atoms with E-state index in [-0.39, 0.29) is 5.82 Å². The van der Waals surface area contributed by atoms with E-state index in [0.29, 0.717) is 16.4 Å². The molecule has 6 heteroatoms. The first kappa shape index (κ1) is 12.4. The van der Waals surface area contributed by atoms with Crippen molar-refractivity contribution in [1.82, 2.24) is 4.98 Å². The normalized spacial score (nSPS) is 10.3. The summed E-state index contributed by atoms with van der Waals surface area (Å²) in [6.07, 6.45) is 3.00. The molecule has 1 aromatic carbocycles. The van der Waals surface area contributed by atoms with Crippen LogP contribution in [0.2, 0.25) is 5.02 Å². The van der Waals surface area contributed by atoms with Gasteiger partial charge in [-0.1, -0.05) is 11.6 Å². The zero-order valence-electron chi connectivity index (χ0n) is 8.55. The number of nitrogens with one attached hydrogen (secondary N) is 1. The van der Waals surface area contributed by atoms with Crippen molar-refractivity contribution in [3.63, 3.8) is 0 Å². The molecule has 2 rings (SSSR count). The van der Waals surface area contributed by atoms with Gasteiger partial charge in [-0.05, 0) is 40.8 Å². The molecule has 1 aromatic heterocycles. The molecule has 0 aliphatic rings. The third kappa shape index (κ3) is 2.78. The number of pyridine rings is 1. The van der Waals surface area contributed by atoms with Crippen LogP contribution >= 0.6 is 34.2 Å². The van der Waals surface area contributed by atoms with Gasteiger partial charge in [0.1, 0.15) is 5.82 Å². The van der Waals surface area contributed by atoms with Gasteiger partial charge >= 0.3 is 0 Å². The van der Waals surface area contributed by atoms with E-state index < -0.39 is 0 Å². The number of nitrogens with two attached hydrogens (primary N) is 1. The molecule has 0 unspecified atom stereocenters. The van der Waals surface area contributed by atoms with Crippen molar-refractivity contribution < 1.29 is 4.39 Å². The standard InChI is InChI=1S/C11H8ClFIN3/c12-7-4-16-5-9(15)11(7)17-10-2-1-6(13)3-8(10)14/h1-5H,15H2,(H,16,17). The Morgan fingerprint density at radius 2 is 2.12 bits per heavy atom. The Morgan fingerprint density at radius 1 is 1.35 bits per heavy atom. The monoisotopic (exact) mass is 363 g/mol. The largest absolute Gasteiger partial charge is 0.396 e. The maximum atomic E-state index is 13.0. The second-order valence-electron chi connectivity index (χ2n) is 3.33. The van der Waals surface area contributed by atoms with E-state index in [4.69, 9.17) is 17.3 Å². The van der Waals surface area contributed by atoms with Gasteiger partial charge in [0.2, 0.25) is 0 Å².